The van der Waals surface area contributed by atoms with Gasteiger partial charge in [0.05, 0.1) is 6.54 Å². The van der Waals surface area contributed by atoms with E-state index >= 15 is 0 Å². The molecule has 0 unspecified atom stereocenters. The van der Waals surface area contributed by atoms with Crippen molar-refractivity contribution < 1.29 is 18.7 Å². The summed E-state index contributed by atoms with van der Waals surface area (Å²) in [6.45, 7) is 2.08. The molecule has 1 heterocycles. The van der Waals surface area contributed by atoms with Gasteiger partial charge in [0.25, 0.3) is 5.79 Å². The van der Waals surface area contributed by atoms with Crippen LogP contribution in [0.3, 0.4) is 0 Å². The van der Waals surface area contributed by atoms with Gasteiger partial charge in [-0.25, -0.2) is 4.39 Å². The molecule has 2 aromatic rings. The summed E-state index contributed by atoms with van der Waals surface area (Å²) in [6, 6.07) is 11.7. The topological polar surface area (TPSA) is 59.6 Å². The fraction of sp³-hybridized carbons (Fsp3) is 0.409. The average Bonchev–Trinajstić information content (AvgIpc) is 3.03. The van der Waals surface area contributed by atoms with Crippen LogP contribution in [0.4, 0.5) is 10.1 Å². The van der Waals surface area contributed by atoms with Crippen molar-refractivity contribution in [3.8, 4) is 11.5 Å². The van der Waals surface area contributed by atoms with Crippen LogP contribution in [0.2, 0.25) is 0 Å². The average molecular weight is 384 g/mol. The molecule has 1 fully saturated rings. The molecule has 5 nitrogen and oxygen atoms in total. The monoisotopic (exact) mass is 384 g/mol. The normalized spacial score (nSPS) is 18.1. The van der Waals surface area contributed by atoms with Crippen LogP contribution >= 0.6 is 0 Å². The summed E-state index contributed by atoms with van der Waals surface area (Å²) in [5, 5.41) is 6.03. The van der Waals surface area contributed by atoms with E-state index in [0.29, 0.717) is 11.4 Å². The van der Waals surface area contributed by atoms with E-state index in [0.717, 1.165) is 37.0 Å². The van der Waals surface area contributed by atoms with Gasteiger partial charge < -0.3 is 20.1 Å². The van der Waals surface area contributed by atoms with Gasteiger partial charge in [0.2, 0.25) is 5.91 Å². The Morgan fingerprint density at radius 3 is 2.54 bits per heavy atom. The van der Waals surface area contributed by atoms with Gasteiger partial charge in [-0.2, -0.15) is 0 Å². The zero-order valence-electron chi connectivity index (χ0n) is 16.0. The van der Waals surface area contributed by atoms with Crippen molar-refractivity contribution in [1.82, 2.24) is 5.32 Å². The van der Waals surface area contributed by atoms with Crippen molar-refractivity contribution in [3.63, 3.8) is 0 Å². The number of hydrogen-bond donors (Lipinski definition) is 2. The van der Waals surface area contributed by atoms with Crippen molar-refractivity contribution >= 4 is 11.6 Å². The summed E-state index contributed by atoms with van der Waals surface area (Å²) >= 11 is 0. The van der Waals surface area contributed by atoms with Gasteiger partial charge in [0.1, 0.15) is 5.82 Å². The second kappa shape index (κ2) is 7.80. The fourth-order valence-corrected chi connectivity index (χ4v) is 3.79. The number of carbonyl (C=O) groups excluding carboxylic acids is 1. The van der Waals surface area contributed by atoms with Gasteiger partial charge in [0, 0.05) is 30.6 Å². The fourth-order valence-electron chi connectivity index (χ4n) is 3.79. The molecule has 1 aliphatic heterocycles. The predicted molar refractivity (Wildman–Crippen MR) is 105 cm³/mol. The Morgan fingerprint density at radius 1 is 1.07 bits per heavy atom. The number of amides is 1. The summed E-state index contributed by atoms with van der Waals surface area (Å²) in [5.74, 6) is 0.483. The van der Waals surface area contributed by atoms with Gasteiger partial charge in [-0.1, -0.05) is 18.6 Å². The molecule has 1 spiro atoms. The first-order chi connectivity index (χ1) is 13.5. The summed E-state index contributed by atoms with van der Waals surface area (Å²) in [7, 11) is 0. The molecule has 1 amide bonds. The highest BCUT2D eigenvalue weighted by molar-refractivity contribution is 5.92. The van der Waals surface area contributed by atoms with Crippen LogP contribution in [0.15, 0.2) is 42.5 Å². The van der Waals surface area contributed by atoms with E-state index in [-0.39, 0.29) is 24.3 Å². The van der Waals surface area contributed by atoms with Gasteiger partial charge in [-0.15, -0.1) is 0 Å². The lowest BCUT2D eigenvalue weighted by molar-refractivity contribution is -0.115. The molecule has 6 heteroatoms. The first kappa shape index (κ1) is 18.7. The minimum absolute atomic E-state index is 0.0609. The number of ether oxygens (including phenoxy) is 2. The molecule has 0 bridgehead atoms. The Balaban J connectivity index is 1.32. The number of benzene rings is 2. The SMILES string of the molecule is C[C@@H](NCC(=O)Nc1ccc2c(c1)OC1(CCCCC1)O2)c1ccc(F)cc1. The van der Waals surface area contributed by atoms with E-state index in [4.69, 9.17) is 9.47 Å². The van der Waals surface area contributed by atoms with E-state index in [1.54, 1.807) is 12.1 Å². The third kappa shape index (κ3) is 4.12. The van der Waals surface area contributed by atoms with E-state index in [2.05, 4.69) is 10.6 Å². The smallest absolute Gasteiger partial charge is 0.251 e. The zero-order chi connectivity index (χ0) is 19.6. The van der Waals surface area contributed by atoms with E-state index in [9.17, 15) is 9.18 Å². The van der Waals surface area contributed by atoms with Gasteiger partial charge in [-0.05, 0) is 49.6 Å². The van der Waals surface area contributed by atoms with Gasteiger partial charge >= 0.3 is 0 Å². The lowest BCUT2D eigenvalue weighted by atomic mass is 9.94. The first-order valence-electron chi connectivity index (χ1n) is 9.84. The van der Waals surface area contributed by atoms with Gasteiger partial charge in [0.15, 0.2) is 11.5 Å². The van der Waals surface area contributed by atoms with Crippen LogP contribution in [0.1, 0.15) is 50.6 Å². The van der Waals surface area contributed by atoms with Crippen molar-refractivity contribution in [2.45, 2.75) is 50.9 Å². The molecule has 1 saturated carbocycles. The molecule has 2 aromatic carbocycles. The van der Waals surface area contributed by atoms with E-state index in [1.165, 1.54) is 18.6 Å². The highest BCUT2D eigenvalue weighted by atomic mass is 19.1. The third-order valence-electron chi connectivity index (χ3n) is 5.37. The van der Waals surface area contributed by atoms with Crippen LogP contribution in [-0.2, 0) is 4.79 Å². The molecule has 2 N–H and O–H groups in total. The molecule has 0 saturated heterocycles. The first-order valence-corrected chi connectivity index (χ1v) is 9.84. The summed E-state index contributed by atoms with van der Waals surface area (Å²) in [4.78, 5) is 12.3. The molecule has 1 aliphatic carbocycles. The van der Waals surface area contributed by atoms with Crippen molar-refractivity contribution in [2.24, 2.45) is 0 Å². The molecule has 1 atom stereocenters. The molecule has 2 aliphatic rings. The maximum absolute atomic E-state index is 13.0. The summed E-state index contributed by atoms with van der Waals surface area (Å²) in [5.41, 5.74) is 1.60. The molecule has 148 valence electrons. The number of fused-ring (bicyclic) bond motifs is 1. The number of carbonyl (C=O) groups is 1. The highest BCUT2D eigenvalue weighted by Gasteiger charge is 2.42. The maximum atomic E-state index is 13.0. The Bertz CT molecular complexity index is 847. The van der Waals surface area contributed by atoms with Crippen molar-refractivity contribution in [2.75, 3.05) is 11.9 Å². The molecular formula is C22H25FN2O3. The second-order valence-corrected chi connectivity index (χ2v) is 7.54. The quantitative estimate of drug-likeness (QED) is 0.794. The Morgan fingerprint density at radius 2 is 1.79 bits per heavy atom. The van der Waals surface area contributed by atoms with Crippen LogP contribution in [0.5, 0.6) is 11.5 Å². The zero-order valence-corrected chi connectivity index (χ0v) is 16.0. The van der Waals surface area contributed by atoms with Gasteiger partial charge in [-0.3, -0.25) is 4.79 Å². The lowest BCUT2D eigenvalue weighted by Gasteiger charge is -2.31. The molecule has 0 aromatic heterocycles. The summed E-state index contributed by atoms with van der Waals surface area (Å²) in [6.07, 6.45) is 5.23. The molecule has 4 rings (SSSR count). The minimum Gasteiger partial charge on any atom is -0.448 e. The number of anilines is 1. The largest absolute Gasteiger partial charge is 0.448 e. The number of halogens is 1. The Kier molecular flexibility index (Phi) is 5.22. The second-order valence-electron chi connectivity index (χ2n) is 7.54. The van der Waals surface area contributed by atoms with E-state index < -0.39 is 5.79 Å². The summed E-state index contributed by atoms with van der Waals surface area (Å²) < 4.78 is 25.2. The number of hydrogen-bond acceptors (Lipinski definition) is 4. The lowest BCUT2D eigenvalue weighted by Crippen LogP contribution is -2.40. The number of nitrogens with one attached hydrogen (secondary N) is 2. The number of rotatable bonds is 5. The Hall–Kier alpha value is -2.60. The van der Waals surface area contributed by atoms with Crippen LogP contribution in [0, 0.1) is 5.82 Å². The third-order valence-corrected chi connectivity index (χ3v) is 5.37. The Labute approximate surface area is 164 Å². The van der Waals surface area contributed by atoms with E-state index in [1.807, 2.05) is 25.1 Å². The molecule has 0 radical (unpaired) electrons. The predicted octanol–water partition coefficient (Wildman–Crippen LogP) is 4.55. The minimum atomic E-state index is -0.518. The maximum Gasteiger partial charge on any atom is 0.251 e. The standard InChI is InChI=1S/C22H25FN2O3/c1-15(16-5-7-17(23)8-6-16)24-14-21(26)25-18-9-10-19-20(13-18)28-22(27-19)11-3-2-4-12-22/h5-10,13,15,24H,2-4,11-12,14H2,1H3,(H,25,26)/t15-/m1/s1. The molecular weight excluding hydrogens is 359 g/mol. The van der Waals surface area contributed by atoms with Crippen molar-refractivity contribution in [3.05, 3.63) is 53.8 Å². The van der Waals surface area contributed by atoms with Crippen LogP contribution < -0.4 is 20.1 Å². The van der Waals surface area contributed by atoms with Crippen LogP contribution in [-0.4, -0.2) is 18.2 Å². The van der Waals surface area contributed by atoms with Crippen molar-refractivity contribution in [1.29, 1.82) is 0 Å². The highest BCUT2D eigenvalue weighted by Crippen LogP contribution is 2.46. The van der Waals surface area contributed by atoms with Crippen LogP contribution in [0.25, 0.3) is 0 Å². The molecule has 28 heavy (non-hydrogen) atoms.